The van der Waals surface area contributed by atoms with Crippen molar-refractivity contribution in [1.82, 2.24) is 10.2 Å². The van der Waals surface area contributed by atoms with E-state index in [-0.39, 0.29) is 6.03 Å². The van der Waals surface area contributed by atoms with Crippen molar-refractivity contribution < 1.29 is 4.79 Å². The molecule has 0 radical (unpaired) electrons. The van der Waals surface area contributed by atoms with E-state index in [1.165, 1.54) is 0 Å². The van der Waals surface area contributed by atoms with Crippen molar-refractivity contribution in [2.45, 2.75) is 31.7 Å². The largest absolute Gasteiger partial charge is 0.334 e. The van der Waals surface area contributed by atoms with Gasteiger partial charge in [0.2, 0.25) is 0 Å². The lowest BCUT2D eigenvalue weighted by molar-refractivity contribution is 0.180. The van der Waals surface area contributed by atoms with Gasteiger partial charge in [-0.2, -0.15) is 11.8 Å². The summed E-state index contributed by atoms with van der Waals surface area (Å²) in [5, 5.41) is 3.51. The summed E-state index contributed by atoms with van der Waals surface area (Å²) in [6.07, 6.45) is 0. The van der Waals surface area contributed by atoms with Crippen LogP contribution in [0.4, 0.5) is 4.79 Å². The summed E-state index contributed by atoms with van der Waals surface area (Å²) in [6.45, 7) is 5.76. The van der Waals surface area contributed by atoms with Gasteiger partial charge in [0.15, 0.2) is 0 Å². The minimum absolute atomic E-state index is 0.0542. The zero-order valence-corrected chi connectivity index (χ0v) is 11.7. The molecule has 1 aromatic carbocycles. The number of urea groups is 1. The van der Waals surface area contributed by atoms with Crippen molar-refractivity contribution >= 4 is 17.8 Å². The lowest BCUT2D eigenvalue weighted by Crippen LogP contribution is -2.51. The van der Waals surface area contributed by atoms with Crippen LogP contribution in [0.3, 0.4) is 0 Å². The Bertz CT molecular complexity index is 396. The van der Waals surface area contributed by atoms with Crippen molar-refractivity contribution in [3.8, 4) is 0 Å². The summed E-state index contributed by atoms with van der Waals surface area (Å²) < 4.78 is 0. The molecule has 1 fully saturated rings. The van der Waals surface area contributed by atoms with Crippen molar-refractivity contribution in [2.24, 2.45) is 0 Å². The molecule has 1 aliphatic heterocycles. The van der Waals surface area contributed by atoms with Crippen LogP contribution in [0.15, 0.2) is 30.3 Å². The van der Waals surface area contributed by atoms with Crippen molar-refractivity contribution in [2.75, 3.05) is 12.3 Å². The van der Waals surface area contributed by atoms with Crippen LogP contribution in [0.1, 0.15) is 19.4 Å². The van der Waals surface area contributed by atoms with Gasteiger partial charge in [-0.25, -0.2) is 4.79 Å². The highest BCUT2D eigenvalue weighted by molar-refractivity contribution is 8.00. The van der Waals surface area contributed by atoms with Crippen molar-refractivity contribution in [1.29, 1.82) is 0 Å². The maximum absolute atomic E-state index is 12.1. The first-order valence-corrected chi connectivity index (χ1v) is 7.43. The SMILES string of the molecule is CC1SCCN(C(=O)NCc2ccccc2)C1C. The van der Waals surface area contributed by atoms with Crippen LogP contribution in [0, 0.1) is 0 Å². The van der Waals surface area contributed by atoms with Gasteiger partial charge in [-0.05, 0) is 12.5 Å². The molecule has 0 spiro atoms. The fraction of sp³-hybridized carbons (Fsp3) is 0.500. The van der Waals surface area contributed by atoms with Gasteiger partial charge in [0.1, 0.15) is 0 Å². The van der Waals surface area contributed by atoms with Crippen LogP contribution in [-0.4, -0.2) is 34.5 Å². The van der Waals surface area contributed by atoms with E-state index in [1.807, 2.05) is 47.0 Å². The number of carbonyl (C=O) groups excluding carboxylic acids is 1. The van der Waals surface area contributed by atoms with E-state index < -0.39 is 0 Å². The van der Waals surface area contributed by atoms with Gasteiger partial charge in [0.25, 0.3) is 0 Å². The number of nitrogens with one attached hydrogen (secondary N) is 1. The van der Waals surface area contributed by atoms with E-state index in [2.05, 4.69) is 19.2 Å². The van der Waals surface area contributed by atoms with Gasteiger partial charge in [-0.3, -0.25) is 0 Å². The molecule has 0 aromatic heterocycles. The summed E-state index contributed by atoms with van der Waals surface area (Å²) in [6, 6.07) is 10.4. The van der Waals surface area contributed by atoms with E-state index in [0.29, 0.717) is 17.8 Å². The Hall–Kier alpha value is -1.16. The average molecular weight is 264 g/mol. The fourth-order valence-corrected chi connectivity index (χ4v) is 3.19. The molecule has 1 saturated heterocycles. The summed E-state index contributed by atoms with van der Waals surface area (Å²) in [4.78, 5) is 14.1. The van der Waals surface area contributed by atoms with Crippen LogP contribution in [0.2, 0.25) is 0 Å². The maximum Gasteiger partial charge on any atom is 0.317 e. The van der Waals surface area contributed by atoms with E-state index >= 15 is 0 Å². The molecule has 4 heteroatoms. The summed E-state index contributed by atoms with van der Waals surface area (Å²) >= 11 is 1.94. The first kappa shape index (κ1) is 13.3. The molecular weight excluding hydrogens is 244 g/mol. The Balaban J connectivity index is 1.88. The van der Waals surface area contributed by atoms with Gasteiger partial charge in [-0.15, -0.1) is 0 Å². The van der Waals surface area contributed by atoms with E-state index in [1.54, 1.807) is 0 Å². The lowest BCUT2D eigenvalue weighted by Gasteiger charge is -2.37. The van der Waals surface area contributed by atoms with E-state index in [9.17, 15) is 4.79 Å². The molecule has 0 saturated carbocycles. The Labute approximate surface area is 113 Å². The Morgan fingerprint density at radius 3 is 2.83 bits per heavy atom. The molecule has 2 atom stereocenters. The third-order valence-corrected chi connectivity index (χ3v) is 4.77. The molecular formula is C14H20N2OS. The smallest absolute Gasteiger partial charge is 0.317 e. The third-order valence-electron chi connectivity index (χ3n) is 3.43. The summed E-state index contributed by atoms with van der Waals surface area (Å²) in [7, 11) is 0. The van der Waals surface area contributed by atoms with Gasteiger partial charge < -0.3 is 10.2 Å². The first-order valence-electron chi connectivity index (χ1n) is 6.38. The first-order chi connectivity index (χ1) is 8.68. The normalized spacial score (nSPS) is 23.8. The lowest BCUT2D eigenvalue weighted by atomic mass is 10.2. The number of rotatable bonds is 2. The standard InChI is InChI=1S/C14H20N2OS/c1-11-12(2)18-9-8-16(11)14(17)15-10-13-6-4-3-5-7-13/h3-7,11-12H,8-10H2,1-2H3,(H,15,17). The monoisotopic (exact) mass is 264 g/mol. The van der Waals surface area contributed by atoms with Gasteiger partial charge >= 0.3 is 6.03 Å². The second kappa shape index (κ2) is 6.14. The maximum atomic E-state index is 12.1. The van der Waals surface area contributed by atoms with Crippen molar-refractivity contribution in [3.63, 3.8) is 0 Å². The molecule has 0 bridgehead atoms. The minimum Gasteiger partial charge on any atom is -0.334 e. The van der Waals surface area contributed by atoms with Crippen LogP contribution in [0.5, 0.6) is 0 Å². The molecule has 2 unspecified atom stereocenters. The molecule has 1 heterocycles. The fourth-order valence-electron chi connectivity index (χ4n) is 2.09. The summed E-state index contributed by atoms with van der Waals surface area (Å²) in [5.41, 5.74) is 1.14. The number of hydrogen-bond acceptors (Lipinski definition) is 2. The minimum atomic E-state index is 0.0542. The van der Waals surface area contributed by atoms with E-state index in [4.69, 9.17) is 0 Å². The Morgan fingerprint density at radius 2 is 2.11 bits per heavy atom. The quantitative estimate of drug-likeness (QED) is 0.891. The number of amides is 2. The van der Waals surface area contributed by atoms with Gasteiger partial charge in [0.05, 0.1) is 0 Å². The molecule has 1 aliphatic rings. The van der Waals surface area contributed by atoms with Crippen LogP contribution >= 0.6 is 11.8 Å². The molecule has 2 amide bonds. The van der Waals surface area contributed by atoms with Gasteiger partial charge in [-0.1, -0.05) is 37.3 Å². The molecule has 98 valence electrons. The molecule has 1 N–H and O–H groups in total. The topological polar surface area (TPSA) is 32.3 Å². The second-order valence-corrected chi connectivity index (χ2v) is 6.14. The highest BCUT2D eigenvalue weighted by Crippen LogP contribution is 2.24. The molecule has 1 aromatic rings. The zero-order chi connectivity index (χ0) is 13.0. The highest BCUT2D eigenvalue weighted by atomic mass is 32.2. The Kier molecular flexibility index (Phi) is 4.53. The number of nitrogens with zero attached hydrogens (tertiary/aromatic N) is 1. The van der Waals surface area contributed by atoms with Crippen molar-refractivity contribution in [3.05, 3.63) is 35.9 Å². The summed E-state index contributed by atoms with van der Waals surface area (Å²) in [5.74, 6) is 1.03. The number of hydrogen-bond donors (Lipinski definition) is 1. The highest BCUT2D eigenvalue weighted by Gasteiger charge is 2.28. The van der Waals surface area contributed by atoms with Gasteiger partial charge in [0, 0.05) is 30.1 Å². The van der Waals surface area contributed by atoms with Crippen LogP contribution in [-0.2, 0) is 6.54 Å². The predicted octanol–water partition coefficient (Wildman–Crippen LogP) is 2.72. The zero-order valence-electron chi connectivity index (χ0n) is 10.9. The number of benzene rings is 1. The number of thioether (sulfide) groups is 1. The number of carbonyl (C=O) groups is 1. The average Bonchev–Trinajstić information content (AvgIpc) is 2.40. The molecule has 2 rings (SSSR count). The third kappa shape index (κ3) is 3.19. The van der Waals surface area contributed by atoms with Crippen LogP contribution < -0.4 is 5.32 Å². The molecule has 3 nitrogen and oxygen atoms in total. The van der Waals surface area contributed by atoms with E-state index in [0.717, 1.165) is 17.9 Å². The van der Waals surface area contributed by atoms with Crippen LogP contribution in [0.25, 0.3) is 0 Å². The molecule has 0 aliphatic carbocycles. The second-order valence-electron chi connectivity index (χ2n) is 4.65. The predicted molar refractivity (Wildman–Crippen MR) is 76.8 cm³/mol. The molecule has 18 heavy (non-hydrogen) atoms. The Morgan fingerprint density at radius 1 is 1.39 bits per heavy atom.